The van der Waals surface area contributed by atoms with Crippen LogP contribution in [0.3, 0.4) is 0 Å². The van der Waals surface area contributed by atoms with Gasteiger partial charge in [0.2, 0.25) is 4.80 Å². The average Bonchev–Trinajstić information content (AvgIpc) is 3.10. The van der Waals surface area contributed by atoms with Crippen molar-refractivity contribution in [3.8, 4) is 0 Å². The Bertz CT molecular complexity index is 1050. The van der Waals surface area contributed by atoms with Gasteiger partial charge in [0, 0.05) is 13.7 Å². The number of para-hydroxylation sites is 1. The quantitative estimate of drug-likeness (QED) is 0.651. The molecule has 24 heavy (non-hydrogen) atoms. The second-order valence-electron chi connectivity index (χ2n) is 4.74. The van der Waals surface area contributed by atoms with E-state index in [4.69, 9.17) is 16.3 Å². The molecule has 0 aliphatic heterocycles. The highest BCUT2D eigenvalue weighted by atomic mass is 35.5. The van der Waals surface area contributed by atoms with E-state index in [0.717, 1.165) is 22.7 Å². The van der Waals surface area contributed by atoms with E-state index in [0.29, 0.717) is 21.2 Å². The van der Waals surface area contributed by atoms with Crippen LogP contribution in [0.4, 0.5) is 4.39 Å². The zero-order chi connectivity index (χ0) is 17.3. The van der Waals surface area contributed by atoms with E-state index in [1.807, 2.05) is 0 Å². The van der Waals surface area contributed by atoms with E-state index in [2.05, 4.69) is 4.40 Å². The van der Waals surface area contributed by atoms with Crippen molar-refractivity contribution in [3.05, 3.63) is 45.3 Å². The smallest absolute Gasteiger partial charge is 0.294 e. The first-order valence-corrected chi connectivity index (χ1v) is 10.2. The van der Waals surface area contributed by atoms with Crippen LogP contribution in [0.15, 0.2) is 38.9 Å². The minimum atomic E-state index is -3.92. The van der Waals surface area contributed by atoms with Gasteiger partial charge in [0.15, 0.2) is 0 Å². The molecule has 0 radical (unpaired) electrons. The van der Waals surface area contributed by atoms with Crippen molar-refractivity contribution in [2.45, 2.75) is 10.8 Å². The number of benzene rings is 1. The largest absolute Gasteiger partial charge is 0.383 e. The predicted octanol–water partition coefficient (Wildman–Crippen LogP) is 3.49. The van der Waals surface area contributed by atoms with Gasteiger partial charge in [-0.25, -0.2) is 4.39 Å². The molecule has 0 bridgehead atoms. The lowest BCUT2D eigenvalue weighted by atomic mass is 10.3. The molecule has 0 fully saturated rings. The van der Waals surface area contributed by atoms with E-state index in [1.54, 1.807) is 12.1 Å². The summed E-state index contributed by atoms with van der Waals surface area (Å²) in [5.74, 6) is -0.433. The van der Waals surface area contributed by atoms with Gasteiger partial charge in [-0.15, -0.1) is 15.7 Å². The highest BCUT2D eigenvalue weighted by molar-refractivity contribution is 7.92. The Labute approximate surface area is 150 Å². The zero-order valence-electron chi connectivity index (χ0n) is 12.4. The number of hydrogen-bond donors (Lipinski definition) is 0. The summed E-state index contributed by atoms with van der Waals surface area (Å²) in [6.45, 7) is 0.592. The third-order valence-corrected chi connectivity index (χ3v) is 7.30. The van der Waals surface area contributed by atoms with Gasteiger partial charge in [-0.2, -0.15) is 8.42 Å². The van der Waals surface area contributed by atoms with E-state index >= 15 is 0 Å². The van der Waals surface area contributed by atoms with Crippen LogP contribution in [0.25, 0.3) is 10.2 Å². The third kappa shape index (κ3) is 3.40. The second-order valence-corrected chi connectivity index (χ2v) is 9.30. The molecule has 0 aliphatic rings. The molecule has 0 saturated carbocycles. The number of thiazole rings is 1. The lowest BCUT2D eigenvalue weighted by molar-refractivity contribution is 0.187. The maximum atomic E-state index is 14.2. The van der Waals surface area contributed by atoms with Crippen LogP contribution in [0, 0.1) is 5.82 Å². The molecule has 2 heterocycles. The minimum absolute atomic E-state index is 0.0451. The van der Waals surface area contributed by atoms with Gasteiger partial charge in [-0.3, -0.25) is 0 Å². The van der Waals surface area contributed by atoms with E-state index in [9.17, 15) is 12.8 Å². The highest BCUT2D eigenvalue weighted by Gasteiger charge is 2.18. The van der Waals surface area contributed by atoms with Gasteiger partial charge in [-0.05, 0) is 24.3 Å². The van der Waals surface area contributed by atoms with Crippen LogP contribution in [-0.4, -0.2) is 26.7 Å². The zero-order valence-corrected chi connectivity index (χ0v) is 15.6. The number of ether oxygens (including phenoxy) is 1. The molecule has 0 aliphatic carbocycles. The molecular weight excluding hydrogens is 395 g/mol. The van der Waals surface area contributed by atoms with E-state index < -0.39 is 15.8 Å². The van der Waals surface area contributed by atoms with Crippen LogP contribution in [0.5, 0.6) is 0 Å². The van der Waals surface area contributed by atoms with Crippen LogP contribution >= 0.6 is 34.3 Å². The van der Waals surface area contributed by atoms with Crippen molar-refractivity contribution in [2.24, 2.45) is 4.40 Å². The summed E-state index contributed by atoms with van der Waals surface area (Å²) < 4.78 is 50.6. The van der Waals surface area contributed by atoms with Crippen molar-refractivity contribution < 1.29 is 17.5 Å². The molecule has 128 valence electrons. The summed E-state index contributed by atoms with van der Waals surface area (Å²) in [7, 11) is -2.39. The van der Waals surface area contributed by atoms with E-state index in [-0.39, 0.29) is 15.6 Å². The molecule has 2 aromatic heterocycles. The number of methoxy groups -OCH3 is 1. The number of halogens is 2. The average molecular weight is 407 g/mol. The minimum Gasteiger partial charge on any atom is -0.383 e. The molecule has 0 saturated heterocycles. The van der Waals surface area contributed by atoms with Crippen LogP contribution in [0.1, 0.15) is 0 Å². The molecule has 0 atom stereocenters. The summed E-state index contributed by atoms with van der Waals surface area (Å²) >= 11 is 7.84. The SMILES string of the molecule is COCCn1c(=NS(=O)(=O)c2ccc(Cl)s2)sc2cccc(F)c21. The summed E-state index contributed by atoms with van der Waals surface area (Å²) in [4.78, 5) is 0.191. The first-order chi connectivity index (χ1) is 11.4. The number of aromatic nitrogens is 1. The Morgan fingerprint density at radius 3 is 2.75 bits per heavy atom. The number of sulfonamides is 1. The Balaban J connectivity index is 2.23. The van der Waals surface area contributed by atoms with Gasteiger partial charge in [-0.1, -0.05) is 29.0 Å². The summed E-state index contributed by atoms with van der Waals surface area (Å²) in [5.41, 5.74) is 0.317. The molecule has 0 spiro atoms. The summed E-state index contributed by atoms with van der Waals surface area (Å²) in [6.07, 6.45) is 0. The second kappa shape index (κ2) is 6.93. The monoisotopic (exact) mass is 406 g/mol. The first-order valence-electron chi connectivity index (χ1n) is 6.75. The van der Waals surface area contributed by atoms with Crippen LogP contribution in [0.2, 0.25) is 4.34 Å². The highest BCUT2D eigenvalue weighted by Crippen LogP contribution is 2.27. The summed E-state index contributed by atoms with van der Waals surface area (Å²) in [5, 5.41) is 0. The van der Waals surface area contributed by atoms with Crippen molar-refractivity contribution in [2.75, 3.05) is 13.7 Å². The van der Waals surface area contributed by atoms with Gasteiger partial charge in [0.05, 0.1) is 21.2 Å². The van der Waals surface area contributed by atoms with Gasteiger partial charge < -0.3 is 9.30 Å². The molecule has 0 amide bonds. The van der Waals surface area contributed by atoms with Gasteiger partial charge >= 0.3 is 0 Å². The first kappa shape index (κ1) is 17.6. The molecular formula is C14H12ClFN2O3S3. The standard InChI is InChI=1S/C14H12ClFN2O3S3/c1-21-8-7-18-13-9(16)3-2-4-10(13)22-14(18)17-24(19,20)12-6-5-11(15)23-12/h2-6H,7-8H2,1H3. The fraction of sp³-hybridized carbons (Fsp3) is 0.214. The number of rotatable bonds is 5. The molecule has 0 N–H and O–H groups in total. The Kier molecular flexibility index (Phi) is 5.07. The topological polar surface area (TPSA) is 60.7 Å². The predicted molar refractivity (Wildman–Crippen MR) is 93.7 cm³/mol. The number of nitrogens with zero attached hydrogens (tertiary/aromatic N) is 2. The number of hydrogen-bond acceptors (Lipinski definition) is 5. The molecule has 1 aromatic carbocycles. The van der Waals surface area contributed by atoms with Crippen LogP contribution in [-0.2, 0) is 21.3 Å². The van der Waals surface area contributed by atoms with Crippen molar-refractivity contribution in [3.63, 3.8) is 0 Å². The molecule has 0 unspecified atom stereocenters. The molecule has 3 aromatic rings. The van der Waals surface area contributed by atoms with E-state index in [1.165, 1.54) is 29.9 Å². The fourth-order valence-corrected chi connectivity index (χ4v) is 5.87. The number of thiophene rings is 1. The lowest BCUT2D eigenvalue weighted by Crippen LogP contribution is -2.19. The molecule has 3 rings (SSSR count). The summed E-state index contributed by atoms with van der Waals surface area (Å²) in [6, 6.07) is 7.53. The molecule has 5 nitrogen and oxygen atoms in total. The maximum Gasteiger partial charge on any atom is 0.294 e. The van der Waals surface area contributed by atoms with Gasteiger partial charge in [0.1, 0.15) is 10.0 Å². The Morgan fingerprint density at radius 2 is 2.08 bits per heavy atom. The van der Waals surface area contributed by atoms with Crippen molar-refractivity contribution in [1.82, 2.24) is 4.57 Å². The number of fused-ring (bicyclic) bond motifs is 1. The van der Waals surface area contributed by atoms with Gasteiger partial charge in [0.25, 0.3) is 10.0 Å². The maximum absolute atomic E-state index is 14.2. The third-order valence-electron chi connectivity index (χ3n) is 3.17. The Hall–Kier alpha value is -1.26. The van der Waals surface area contributed by atoms with Crippen molar-refractivity contribution >= 4 is 54.5 Å². The molecule has 10 heteroatoms. The Morgan fingerprint density at radius 1 is 1.29 bits per heavy atom. The lowest BCUT2D eigenvalue weighted by Gasteiger charge is -2.04. The van der Waals surface area contributed by atoms with Crippen LogP contribution < -0.4 is 4.80 Å². The van der Waals surface area contributed by atoms with Crippen molar-refractivity contribution in [1.29, 1.82) is 0 Å². The fourth-order valence-electron chi connectivity index (χ4n) is 2.13. The normalized spacial score (nSPS) is 13.0.